The van der Waals surface area contributed by atoms with E-state index in [1.165, 1.54) is 0 Å². The highest BCUT2D eigenvalue weighted by molar-refractivity contribution is 6.62. The van der Waals surface area contributed by atoms with Gasteiger partial charge in [0.2, 0.25) is 0 Å². The highest BCUT2D eigenvalue weighted by Crippen LogP contribution is 2.36. The maximum absolute atomic E-state index is 13.7. The lowest BCUT2D eigenvalue weighted by atomic mass is 9.79. The van der Waals surface area contributed by atoms with Crippen molar-refractivity contribution in [1.29, 1.82) is 0 Å². The van der Waals surface area contributed by atoms with E-state index in [1.807, 2.05) is 27.7 Å². The van der Waals surface area contributed by atoms with E-state index in [2.05, 4.69) is 10.3 Å². The van der Waals surface area contributed by atoms with E-state index in [4.69, 9.17) is 14.8 Å². The summed E-state index contributed by atoms with van der Waals surface area (Å²) in [5.74, 6) is -1.98. The van der Waals surface area contributed by atoms with Crippen LogP contribution in [-0.2, 0) is 9.31 Å². The highest BCUT2D eigenvalue weighted by Gasteiger charge is 2.51. The van der Waals surface area contributed by atoms with Crippen molar-refractivity contribution in [2.24, 2.45) is 0 Å². The van der Waals surface area contributed by atoms with Crippen LogP contribution in [0.25, 0.3) is 0 Å². The number of halogens is 1. The Labute approximate surface area is 158 Å². The van der Waals surface area contributed by atoms with E-state index < -0.39 is 59.9 Å². The van der Waals surface area contributed by atoms with Crippen molar-refractivity contribution in [1.82, 2.24) is 4.98 Å². The van der Waals surface area contributed by atoms with E-state index in [1.54, 1.807) is 19.2 Å². The van der Waals surface area contributed by atoms with Gasteiger partial charge in [-0.1, -0.05) is 0 Å². The number of hydrogen-bond donors (Lipinski definition) is 1. The number of carbonyl (C=O) groups excluding carboxylic acids is 1. The van der Waals surface area contributed by atoms with Crippen molar-refractivity contribution in [3.05, 3.63) is 53.5 Å². The number of hydrogen-bond acceptors (Lipinski definition) is 4. The number of nitrogens with one attached hydrogen (secondary N) is 1. The maximum atomic E-state index is 13.7. The van der Waals surface area contributed by atoms with Crippen molar-refractivity contribution >= 4 is 24.2 Å². The molecule has 1 aromatic heterocycles. The Morgan fingerprint density at radius 3 is 2.35 bits per heavy atom. The van der Waals surface area contributed by atoms with E-state index >= 15 is 0 Å². The summed E-state index contributed by atoms with van der Waals surface area (Å²) in [4.78, 5) is 17.1. The molecule has 136 valence electrons. The van der Waals surface area contributed by atoms with E-state index in [-0.39, 0.29) is 5.56 Å². The molecule has 2 aromatic rings. The Balaban J connectivity index is 1.95. The smallest absolute Gasteiger partial charge is 0.399 e. The summed E-state index contributed by atoms with van der Waals surface area (Å²) in [5.41, 5.74) is -0.517. The maximum Gasteiger partial charge on any atom is 0.496 e. The molecule has 3 rings (SSSR count). The summed E-state index contributed by atoms with van der Waals surface area (Å²) in [6.45, 7) is 9.22. The molecule has 26 heavy (non-hydrogen) atoms. The normalized spacial score (nSPS) is 20.2. The zero-order valence-corrected chi connectivity index (χ0v) is 15.3. The summed E-state index contributed by atoms with van der Waals surface area (Å²) < 4.78 is 56.5. The Morgan fingerprint density at radius 2 is 1.77 bits per heavy atom. The number of aryl methyl sites for hydroxylation is 1. The van der Waals surface area contributed by atoms with Gasteiger partial charge in [0.15, 0.2) is 0 Å². The summed E-state index contributed by atoms with van der Waals surface area (Å²) in [6.07, 6.45) is 1.54. The fraction of sp³-hybridized carbons (Fsp3) is 0.368. The van der Waals surface area contributed by atoms with Gasteiger partial charge in [-0.2, -0.15) is 0 Å². The molecule has 0 spiro atoms. The van der Waals surface area contributed by atoms with Crippen LogP contribution in [0.1, 0.15) is 49.2 Å². The van der Waals surface area contributed by atoms with E-state index in [0.717, 1.165) is 0 Å². The lowest BCUT2D eigenvalue weighted by Gasteiger charge is -2.32. The molecule has 1 aromatic carbocycles. The quantitative estimate of drug-likeness (QED) is 0.855. The molecule has 1 saturated heterocycles. The second-order valence-electron chi connectivity index (χ2n) is 7.13. The highest BCUT2D eigenvalue weighted by atomic mass is 19.1. The molecule has 1 amide bonds. The molecule has 0 bridgehead atoms. The fourth-order valence-electron chi connectivity index (χ4n) is 2.43. The van der Waals surface area contributed by atoms with Crippen LogP contribution in [0.2, 0.25) is 0 Å². The zero-order valence-electron chi connectivity index (χ0n) is 19.3. The molecule has 1 aliphatic rings. The third kappa shape index (κ3) is 3.50. The van der Waals surface area contributed by atoms with Crippen LogP contribution in [0.3, 0.4) is 0 Å². The molecular formula is C19H22BFN2O3. The minimum atomic E-state index is -1.27. The molecule has 0 aliphatic carbocycles. The average Bonchev–Trinajstić information content (AvgIpc) is 2.89. The van der Waals surface area contributed by atoms with Crippen LogP contribution >= 0.6 is 0 Å². The molecule has 0 atom stereocenters. The predicted molar refractivity (Wildman–Crippen MR) is 99.0 cm³/mol. The second-order valence-corrected chi connectivity index (χ2v) is 7.13. The lowest BCUT2D eigenvalue weighted by Crippen LogP contribution is -2.41. The van der Waals surface area contributed by atoms with Crippen molar-refractivity contribution in [3.8, 4) is 0 Å². The number of aromatic nitrogens is 1. The van der Waals surface area contributed by atoms with E-state index in [0.29, 0.717) is 11.2 Å². The van der Waals surface area contributed by atoms with Crippen molar-refractivity contribution in [3.63, 3.8) is 0 Å². The molecular weight excluding hydrogens is 334 g/mol. The number of anilines is 1. The van der Waals surface area contributed by atoms with Crippen molar-refractivity contribution in [2.75, 3.05) is 5.32 Å². The molecule has 0 saturated carbocycles. The first-order valence-corrected chi connectivity index (χ1v) is 8.16. The third-order valence-electron chi connectivity index (χ3n) is 4.71. The average molecular weight is 360 g/mol. The second kappa shape index (κ2) is 6.48. The predicted octanol–water partition coefficient (Wildman–Crippen LogP) is 3.08. The Bertz CT molecular complexity index is 1000. The van der Waals surface area contributed by atoms with Gasteiger partial charge in [0.05, 0.1) is 22.2 Å². The van der Waals surface area contributed by atoms with Crippen LogP contribution in [0.4, 0.5) is 10.1 Å². The number of amides is 1. The van der Waals surface area contributed by atoms with Gasteiger partial charge in [0.25, 0.3) is 5.91 Å². The van der Waals surface area contributed by atoms with Crippen LogP contribution in [0, 0.1) is 12.7 Å². The van der Waals surface area contributed by atoms with Crippen LogP contribution in [0.15, 0.2) is 36.4 Å². The first kappa shape index (κ1) is 13.9. The minimum Gasteiger partial charge on any atom is -0.399 e. The fourth-order valence-corrected chi connectivity index (χ4v) is 2.43. The van der Waals surface area contributed by atoms with Gasteiger partial charge in [-0.05, 0) is 64.9 Å². The SMILES string of the molecule is [2H]c1c([2H])c(NC(=O)c2cc(B3OC(C)(C)C(C)(C)O3)cnc2C)c([2H])c([2H])c1F. The number of pyridine rings is 1. The topological polar surface area (TPSA) is 60.5 Å². The van der Waals surface area contributed by atoms with Crippen molar-refractivity contribution < 1.29 is 24.0 Å². The van der Waals surface area contributed by atoms with E-state index in [9.17, 15) is 9.18 Å². The monoisotopic (exact) mass is 360 g/mol. The van der Waals surface area contributed by atoms with Crippen molar-refractivity contribution in [2.45, 2.75) is 45.8 Å². The van der Waals surface area contributed by atoms with Crippen LogP contribution in [-0.4, -0.2) is 29.2 Å². The first-order chi connectivity index (χ1) is 13.8. The Morgan fingerprint density at radius 1 is 1.19 bits per heavy atom. The standard InChI is InChI=1S/C19H22BFN2O3/c1-12-16(17(24)23-15-8-6-14(21)7-9-15)10-13(11-22-12)20-25-18(2,3)19(4,5)26-20/h6-11H,1-5H3,(H,23,24)/i6D,7D,8D,9D. The summed E-state index contributed by atoms with van der Waals surface area (Å²) in [5, 5.41) is 2.35. The molecule has 1 N–H and O–H groups in total. The molecule has 1 fully saturated rings. The molecule has 5 nitrogen and oxygen atoms in total. The van der Waals surface area contributed by atoms with Gasteiger partial charge in [-0.25, -0.2) is 4.39 Å². The lowest BCUT2D eigenvalue weighted by molar-refractivity contribution is 0.00578. The largest absolute Gasteiger partial charge is 0.496 e. The Kier molecular flexibility index (Phi) is 3.46. The summed E-state index contributed by atoms with van der Waals surface area (Å²) in [6, 6.07) is -1.51. The molecule has 7 heteroatoms. The zero-order chi connectivity index (χ0) is 22.6. The molecule has 2 heterocycles. The number of rotatable bonds is 3. The minimum absolute atomic E-state index is 0.142. The number of nitrogens with zero attached hydrogens (tertiary/aromatic N) is 1. The van der Waals surface area contributed by atoms with Gasteiger partial charge in [0, 0.05) is 23.0 Å². The third-order valence-corrected chi connectivity index (χ3v) is 4.71. The molecule has 0 unspecified atom stereocenters. The molecule has 0 radical (unpaired) electrons. The summed E-state index contributed by atoms with van der Waals surface area (Å²) >= 11 is 0. The molecule has 1 aliphatic heterocycles. The summed E-state index contributed by atoms with van der Waals surface area (Å²) in [7, 11) is -0.737. The van der Waals surface area contributed by atoms with Gasteiger partial charge in [-0.15, -0.1) is 0 Å². The van der Waals surface area contributed by atoms with Gasteiger partial charge < -0.3 is 14.6 Å². The first-order valence-electron chi connectivity index (χ1n) is 10.2. The van der Waals surface area contributed by atoms with Crippen LogP contribution < -0.4 is 10.8 Å². The van der Waals surface area contributed by atoms with Gasteiger partial charge in [-0.3, -0.25) is 9.78 Å². The Hall–Kier alpha value is -2.25. The number of carbonyl (C=O) groups is 1. The van der Waals surface area contributed by atoms with Gasteiger partial charge in [0.1, 0.15) is 5.82 Å². The van der Waals surface area contributed by atoms with Crippen LogP contribution in [0.5, 0.6) is 0 Å². The number of benzene rings is 1. The van der Waals surface area contributed by atoms with Gasteiger partial charge >= 0.3 is 7.12 Å².